The molecular formula is C11H15. The molecule has 0 atom stereocenters. The first-order valence-electron chi connectivity index (χ1n) is 4.13. The van der Waals surface area contributed by atoms with Crippen molar-refractivity contribution in [3.8, 4) is 0 Å². The van der Waals surface area contributed by atoms with Crippen molar-refractivity contribution in [3.63, 3.8) is 0 Å². The molecule has 59 valence electrons. The summed E-state index contributed by atoms with van der Waals surface area (Å²) in [6.07, 6.45) is 2.12. The van der Waals surface area contributed by atoms with Gasteiger partial charge in [0.15, 0.2) is 0 Å². The Labute approximate surface area is 69.3 Å². The van der Waals surface area contributed by atoms with Crippen LogP contribution in [0.4, 0.5) is 0 Å². The van der Waals surface area contributed by atoms with Crippen molar-refractivity contribution in [1.29, 1.82) is 0 Å². The SMILES string of the molecule is C[CH]c1ccc(C(C)C)cc1. The lowest BCUT2D eigenvalue weighted by Gasteiger charge is -2.04. The number of hydrogen-bond acceptors (Lipinski definition) is 0. The smallest absolute Gasteiger partial charge is 0.0124 e. The minimum Gasteiger partial charge on any atom is -0.0587 e. The zero-order valence-electron chi connectivity index (χ0n) is 7.46. The second kappa shape index (κ2) is 3.56. The molecule has 0 spiro atoms. The van der Waals surface area contributed by atoms with E-state index in [0.29, 0.717) is 5.92 Å². The largest absolute Gasteiger partial charge is 0.0587 e. The lowest BCUT2D eigenvalue weighted by molar-refractivity contribution is 0.866. The molecule has 0 heteroatoms. The Balaban J connectivity index is 2.83. The highest BCUT2D eigenvalue weighted by molar-refractivity contribution is 5.28. The lowest BCUT2D eigenvalue weighted by Crippen LogP contribution is -1.86. The molecule has 1 aromatic carbocycles. The van der Waals surface area contributed by atoms with E-state index in [4.69, 9.17) is 0 Å². The summed E-state index contributed by atoms with van der Waals surface area (Å²) in [4.78, 5) is 0. The predicted octanol–water partition coefficient (Wildman–Crippen LogP) is 3.38. The van der Waals surface area contributed by atoms with Crippen LogP contribution < -0.4 is 0 Å². The first kappa shape index (κ1) is 8.32. The van der Waals surface area contributed by atoms with Gasteiger partial charge >= 0.3 is 0 Å². The molecule has 0 fully saturated rings. The number of rotatable bonds is 2. The Bertz CT molecular complexity index is 206. The maximum absolute atomic E-state index is 2.21. The number of benzene rings is 1. The van der Waals surface area contributed by atoms with Gasteiger partial charge in [-0.15, -0.1) is 0 Å². The normalized spacial score (nSPS) is 10.5. The second-order valence-corrected chi connectivity index (χ2v) is 3.11. The molecule has 0 aliphatic carbocycles. The minimum absolute atomic E-state index is 0.640. The summed E-state index contributed by atoms with van der Waals surface area (Å²) >= 11 is 0. The zero-order valence-corrected chi connectivity index (χ0v) is 7.46. The van der Waals surface area contributed by atoms with Gasteiger partial charge in [0.1, 0.15) is 0 Å². The van der Waals surface area contributed by atoms with E-state index in [-0.39, 0.29) is 0 Å². The van der Waals surface area contributed by atoms with Gasteiger partial charge in [-0.05, 0) is 23.5 Å². The molecule has 0 saturated carbocycles. The summed E-state index contributed by atoms with van der Waals surface area (Å²) in [7, 11) is 0. The van der Waals surface area contributed by atoms with Gasteiger partial charge in [-0.25, -0.2) is 0 Å². The first-order valence-corrected chi connectivity index (χ1v) is 4.13. The van der Waals surface area contributed by atoms with Crippen LogP contribution in [0.25, 0.3) is 0 Å². The van der Waals surface area contributed by atoms with Gasteiger partial charge in [-0.2, -0.15) is 0 Å². The fourth-order valence-electron chi connectivity index (χ4n) is 1.07. The van der Waals surface area contributed by atoms with Gasteiger partial charge in [0.2, 0.25) is 0 Å². The molecule has 0 aliphatic rings. The molecule has 1 radical (unpaired) electrons. The standard InChI is InChI=1S/C11H15/c1-4-10-5-7-11(8-6-10)9(2)3/h4-9H,1-3H3. The molecule has 0 aliphatic heterocycles. The molecular weight excluding hydrogens is 132 g/mol. The summed E-state index contributed by atoms with van der Waals surface area (Å²) in [6.45, 7) is 6.49. The van der Waals surface area contributed by atoms with E-state index in [1.165, 1.54) is 11.1 Å². The Morgan fingerprint density at radius 2 is 1.64 bits per heavy atom. The molecule has 0 nitrogen and oxygen atoms in total. The van der Waals surface area contributed by atoms with Gasteiger partial charge in [-0.3, -0.25) is 0 Å². The molecule has 1 aromatic rings. The fraction of sp³-hybridized carbons (Fsp3) is 0.364. The molecule has 0 aromatic heterocycles. The first-order chi connectivity index (χ1) is 5.24. The van der Waals surface area contributed by atoms with Crippen LogP contribution in [0.15, 0.2) is 24.3 Å². The van der Waals surface area contributed by atoms with Crippen LogP contribution in [0, 0.1) is 6.42 Å². The van der Waals surface area contributed by atoms with Crippen molar-refractivity contribution in [3.05, 3.63) is 41.8 Å². The Morgan fingerprint density at radius 3 is 2.00 bits per heavy atom. The molecule has 1 rings (SSSR count). The Morgan fingerprint density at radius 1 is 1.09 bits per heavy atom. The molecule has 0 saturated heterocycles. The predicted molar refractivity (Wildman–Crippen MR) is 49.6 cm³/mol. The van der Waals surface area contributed by atoms with Crippen LogP contribution in [0.2, 0.25) is 0 Å². The van der Waals surface area contributed by atoms with Crippen LogP contribution in [0.3, 0.4) is 0 Å². The molecule has 0 amide bonds. The van der Waals surface area contributed by atoms with Gasteiger partial charge < -0.3 is 0 Å². The summed E-state index contributed by atoms with van der Waals surface area (Å²) in [5.41, 5.74) is 2.71. The zero-order chi connectivity index (χ0) is 8.27. The summed E-state index contributed by atoms with van der Waals surface area (Å²) < 4.78 is 0. The van der Waals surface area contributed by atoms with E-state index in [2.05, 4.69) is 51.5 Å². The van der Waals surface area contributed by atoms with E-state index < -0.39 is 0 Å². The monoisotopic (exact) mass is 147 g/mol. The fourth-order valence-corrected chi connectivity index (χ4v) is 1.07. The summed E-state index contributed by atoms with van der Waals surface area (Å²) in [6, 6.07) is 8.71. The summed E-state index contributed by atoms with van der Waals surface area (Å²) in [5, 5.41) is 0. The van der Waals surface area contributed by atoms with Crippen LogP contribution >= 0.6 is 0 Å². The third kappa shape index (κ3) is 2.07. The van der Waals surface area contributed by atoms with E-state index in [9.17, 15) is 0 Å². The van der Waals surface area contributed by atoms with E-state index in [1.54, 1.807) is 0 Å². The average Bonchev–Trinajstić information content (AvgIpc) is 2.05. The van der Waals surface area contributed by atoms with Crippen LogP contribution in [0.1, 0.15) is 37.8 Å². The summed E-state index contributed by atoms with van der Waals surface area (Å²) in [5.74, 6) is 0.640. The Kier molecular flexibility index (Phi) is 2.70. The quantitative estimate of drug-likeness (QED) is 0.601. The maximum atomic E-state index is 2.21. The van der Waals surface area contributed by atoms with Crippen LogP contribution in [-0.4, -0.2) is 0 Å². The van der Waals surface area contributed by atoms with E-state index in [1.807, 2.05) is 0 Å². The molecule has 0 bridgehead atoms. The highest BCUT2D eigenvalue weighted by Crippen LogP contribution is 2.14. The third-order valence-electron chi connectivity index (χ3n) is 1.94. The van der Waals surface area contributed by atoms with Crippen LogP contribution in [0.5, 0.6) is 0 Å². The number of hydrogen-bond donors (Lipinski definition) is 0. The lowest BCUT2D eigenvalue weighted by atomic mass is 10.0. The molecule has 0 N–H and O–H groups in total. The maximum Gasteiger partial charge on any atom is -0.0124 e. The minimum atomic E-state index is 0.640. The highest BCUT2D eigenvalue weighted by Gasteiger charge is 1.96. The van der Waals surface area contributed by atoms with Crippen molar-refractivity contribution in [2.75, 3.05) is 0 Å². The van der Waals surface area contributed by atoms with E-state index in [0.717, 1.165) is 0 Å². The van der Waals surface area contributed by atoms with Crippen molar-refractivity contribution < 1.29 is 0 Å². The third-order valence-corrected chi connectivity index (χ3v) is 1.94. The van der Waals surface area contributed by atoms with E-state index >= 15 is 0 Å². The van der Waals surface area contributed by atoms with Crippen molar-refractivity contribution in [1.82, 2.24) is 0 Å². The highest BCUT2D eigenvalue weighted by atomic mass is 14.0. The average molecular weight is 147 g/mol. The van der Waals surface area contributed by atoms with Gasteiger partial charge in [0.05, 0.1) is 0 Å². The molecule has 0 unspecified atom stereocenters. The topological polar surface area (TPSA) is 0 Å². The molecule has 0 heterocycles. The van der Waals surface area contributed by atoms with Crippen molar-refractivity contribution in [2.24, 2.45) is 0 Å². The Hall–Kier alpha value is -0.780. The van der Waals surface area contributed by atoms with Gasteiger partial charge in [-0.1, -0.05) is 45.0 Å². The van der Waals surface area contributed by atoms with Crippen molar-refractivity contribution >= 4 is 0 Å². The molecule has 11 heavy (non-hydrogen) atoms. The van der Waals surface area contributed by atoms with Gasteiger partial charge in [0.25, 0.3) is 0 Å². The van der Waals surface area contributed by atoms with Gasteiger partial charge in [0, 0.05) is 0 Å². The van der Waals surface area contributed by atoms with Crippen LogP contribution in [-0.2, 0) is 0 Å². The van der Waals surface area contributed by atoms with Crippen molar-refractivity contribution in [2.45, 2.75) is 26.7 Å². The second-order valence-electron chi connectivity index (χ2n) is 3.11.